The lowest BCUT2D eigenvalue weighted by atomic mass is 10.6. The van der Waals surface area contributed by atoms with Gasteiger partial charge in [0, 0.05) is 0 Å². The van der Waals surface area contributed by atoms with Gasteiger partial charge in [-0.05, 0) is 9.91 Å². The quantitative estimate of drug-likeness (QED) is 0.568. The van der Waals surface area contributed by atoms with E-state index in [-0.39, 0.29) is 24.8 Å². The van der Waals surface area contributed by atoms with Gasteiger partial charge >= 0.3 is 11.8 Å². The second kappa shape index (κ2) is 4.41. The smallest absolute Gasteiger partial charge is 0.381 e. The summed E-state index contributed by atoms with van der Waals surface area (Å²) in [6.07, 6.45) is 2.17. The van der Waals surface area contributed by atoms with Gasteiger partial charge in [0.15, 0.2) is 0 Å². The Bertz CT molecular complexity index is 323. The van der Waals surface area contributed by atoms with Crippen LogP contribution in [0.5, 0.6) is 0 Å². The van der Waals surface area contributed by atoms with Crippen LogP contribution < -0.4 is 0 Å². The maximum atomic E-state index is 10.1. The van der Waals surface area contributed by atoms with Crippen LogP contribution >= 0.6 is 12.4 Å². The molecule has 1 heterocycles. The monoisotopic (exact) mass is 207 g/mol. The molecule has 0 saturated carbocycles. The molecule has 0 aliphatic heterocycles. The van der Waals surface area contributed by atoms with Crippen LogP contribution in [0.1, 0.15) is 0 Å². The number of carbonyl (C=O) groups is 1. The van der Waals surface area contributed by atoms with E-state index in [0.717, 1.165) is 17.1 Å². The van der Waals surface area contributed by atoms with Crippen LogP contribution in [-0.2, 0) is 11.3 Å². The molecule has 1 rings (SSSR count). The minimum absolute atomic E-state index is 0. The summed E-state index contributed by atoms with van der Waals surface area (Å²) >= 11 is 0. The zero-order chi connectivity index (χ0) is 9.14. The van der Waals surface area contributed by atoms with E-state index in [9.17, 15) is 14.9 Å². The number of nitrogens with zero attached hydrogens (tertiary/aromatic N) is 3. The summed E-state index contributed by atoms with van der Waals surface area (Å²) in [5.41, 5.74) is 0. The van der Waals surface area contributed by atoms with Crippen LogP contribution in [0.3, 0.4) is 0 Å². The second-order valence-electron chi connectivity index (χ2n) is 2.06. The van der Waals surface area contributed by atoms with Gasteiger partial charge in [-0.1, -0.05) is 0 Å². The molecule has 1 aromatic rings. The van der Waals surface area contributed by atoms with Crippen molar-refractivity contribution in [2.24, 2.45) is 0 Å². The molecule has 72 valence electrons. The third-order valence-corrected chi connectivity index (χ3v) is 1.12. The number of carboxylic acids is 1. The maximum absolute atomic E-state index is 10.1. The summed E-state index contributed by atoms with van der Waals surface area (Å²) < 4.78 is 1.13. The minimum atomic E-state index is -1.07. The highest BCUT2D eigenvalue weighted by Crippen LogP contribution is 2.04. The first kappa shape index (κ1) is 11.4. The number of imidazole rings is 1. The van der Waals surface area contributed by atoms with Gasteiger partial charge in [0.1, 0.15) is 12.7 Å². The van der Waals surface area contributed by atoms with E-state index in [0.29, 0.717) is 0 Å². The minimum Gasteiger partial charge on any atom is -0.480 e. The number of aromatic nitrogens is 2. The highest BCUT2D eigenvalue weighted by Gasteiger charge is 2.10. The summed E-state index contributed by atoms with van der Waals surface area (Å²) in [6, 6.07) is 0. The molecule has 7 nitrogen and oxygen atoms in total. The summed E-state index contributed by atoms with van der Waals surface area (Å²) in [7, 11) is 0. The average molecular weight is 208 g/mol. The average Bonchev–Trinajstić information content (AvgIpc) is 2.34. The molecule has 0 spiro atoms. The lowest BCUT2D eigenvalue weighted by molar-refractivity contribution is -0.389. The molecule has 0 amide bonds. The van der Waals surface area contributed by atoms with Gasteiger partial charge in [-0.2, -0.15) is 0 Å². The zero-order valence-corrected chi connectivity index (χ0v) is 7.10. The number of nitro groups is 1. The van der Waals surface area contributed by atoms with E-state index in [2.05, 4.69) is 4.98 Å². The van der Waals surface area contributed by atoms with E-state index in [1.807, 2.05) is 0 Å². The van der Waals surface area contributed by atoms with Crippen LogP contribution in [0.4, 0.5) is 5.82 Å². The van der Waals surface area contributed by atoms with E-state index < -0.39 is 10.9 Å². The van der Waals surface area contributed by atoms with Crippen molar-refractivity contribution in [3.05, 3.63) is 22.6 Å². The van der Waals surface area contributed by atoms with Crippen molar-refractivity contribution in [3.63, 3.8) is 0 Å². The van der Waals surface area contributed by atoms with E-state index in [1.165, 1.54) is 0 Å². The lowest BCUT2D eigenvalue weighted by Crippen LogP contribution is -2.06. The maximum Gasteiger partial charge on any atom is 0.381 e. The molecule has 13 heavy (non-hydrogen) atoms. The molecule has 0 aromatic carbocycles. The first-order chi connectivity index (χ1) is 5.59. The Morgan fingerprint density at radius 2 is 2.38 bits per heavy atom. The van der Waals surface area contributed by atoms with Crippen molar-refractivity contribution in [1.82, 2.24) is 9.55 Å². The predicted molar refractivity (Wildman–Crippen MR) is 43.8 cm³/mol. The van der Waals surface area contributed by atoms with Crippen molar-refractivity contribution in [2.75, 3.05) is 0 Å². The molecule has 1 aromatic heterocycles. The fraction of sp³-hybridized carbons (Fsp3) is 0.200. The van der Waals surface area contributed by atoms with Crippen LogP contribution in [0.2, 0.25) is 0 Å². The fourth-order valence-electron chi connectivity index (χ4n) is 0.685. The fourth-order valence-corrected chi connectivity index (χ4v) is 0.685. The third kappa shape index (κ3) is 3.08. The van der Waals surface area contributed by atoms with Crippen LogP contribution in [0.15, 0.2) is 12.5 Å². The molecular formula is C5H6ClN3O4. The second-order valence-corrected chi connectivity index (χ2v) is 2.06. The predicted octanol–water partition coefficient (Wildman–Crippen LogP) is 0.298. The van der Waals surface area contributed by atoms with Crippen LogP contribution in [-0.4, -0.2) is 25.6 Å². The van der Waals surface area contributed by atoms with Crippen molar-refractivity contribution < 1.29 is 14.8 Å². The van der Waals surface area contributed by atoms with Gasteiger partial charge in [0.05, 0.1) is 0 Å². The van der Waals surface area contributed by atoms with Gasteiger partial charge in [0.2, 0.25) is 6.33 Å². The molecule has 0 atom stereocenters. The molecule has 0 bridgehead atoms. The van der Waals surface area contributed by atoms with E-state index in [1.54, 1.807) is 0 Å². The molecule has 0 aliphatic carbocycles. The van der Waals surface area contributed by atoms with Crippen molar-refractivity contribution >= 4 is 24.2 Å². The normalized spacial score (nSPS) is 8.92. The Kier molecular flexibility index (Phi) is 3.86. The summed E-state index contributed by atoms with van der Waals surface area (Å²) in [6.45, 7) is -0.319. The molecule has 0 fully saturated rings. The number of hydrogen-bond donors (Lipinski definition) is 1. The van der Waals surface area contributed by atoms with Crippen molar-refractivity contribution in [3.8, 4) is 0 Å². The SMILES string of the molecule is Cl.O=C(O)Cn1cnc([N+](=O)[O-])c1. The van der Waals surface area contributed by atoms with E-state index >= 15 is 0 Å². The third-order valence-electron chi connectivity index (χ3n) is 1.12. The van der Waals surface area contributed by atoms with Gasteiger partial charge in [-0.15, -0.1) is 12.4 Å². The van der Waals surface area contributed by atoms with Gasteiger partial charge in [-0.3, -0.25) is 9.36 Å². The number of hydrogen-bond acceptors (Lipinski definition) is 4. The molecule has 0 unspecified atom stereocenters. The number of rotatable bonds is 3. The first-order valence-electron chi connectivity index (χ1n) is 2.97. The number of carboxylic acid groups (broad SMARTS) is 1. The Morgan fingerprint density at radius 3 is 2.77 bits per heavy atom. The summed E-state index contributed by atoms with van der Waals surface area (Å²) in [5.74, 6) is -1.42. The molecule has 1 N–H and O–H groups in total. The standard InChI is InChI=1S/C5H5N3O4.ClH/c9-5(10)2-7-1-4(6-3-7)8(11)12;/h1,3H,2H2,(H,9,10);1H. The highest BCUT2D eigenvalue weighted by molar-refractivity contribution is 5.85. The molecule has 0 radical (unpaired) electrons. The van der Waals surface area contributed by atoms with Crippen molar-refractivity contribution in [2.45, 2.75) is 6.54 Å². The Hall–Kier alpha value is -1.63. The van der Waals surface area contributed by atoms with Crippen molar-refractivity contribution in [1.29, 1.82) is 0 Å². The summed E-state index contributed by atoms with van der Waals surface area (Å²) in [4.78, 5) is 22.9. The Morgan fingerprint density at radius 1 is 1.77 bits per heavy atom. The highest BCUT2D eigenvalue weighted by atomic mass is 35.5. The summed E-state index contributed by atoms with van der Waals surface area (Å²) in [5, 5.41) is 18.4. The van der Waals surface area contributed by atoms with Crippen LogP contribution in [0.25, 0.3) is 0 Å². The van der Waals surface area contributed by atoms with E-state index in [4.69, 9.17) is 5.11 Å². The van der Waals surface area contributed by atoms with Gasteiger partial charge in [0.25, 0.3) is 0 Å². The lowest BCUT2D eigenvalue weighted by Gasteiger charge is -1.90. The molecule has 0 saturated heterocycles. The number of halogens is 1. The van der Waals surface area contributed by atoms with Gasteiger partial charge < -0.3 is 15.2 Å². The zero-order valence-electron chi connectivity index (χ0n) is 6.28. The number of aliphatic carboxylic acids is 1. The first-order valence-corrected chi connectivity index (χ1v) is 2.97. The topological polar surface area (TPSA) is 98.3 Å². The van der Waals surface area contributed by atoms with Crippen LogP contribution in [0, 0.1) is 10.1 Å². The Labute approximate surface area is 78.6 Å². The molecular weight excluding hydrogens is 202 g/mol. The molecule has 8 heteroatoms. The Balaban J connectivity index is 0.00000144. The van der Waals surface area contributed by atoms with Gasteiger partial charge in [-0.25, -0.2) is 0 Å². The largest absolute Gasteiger partial charge is 0.480 e. The molecule has 0 aliphatic rings.